The van der Waals surface area contributed by atoms with Crippen molar-refractivity contribution in [1.29, 1.82) is 0 Å². The van der Waals surface area contributed by atoms with Gasteiger partial charge in [-0.05, 0) is 55.9 Å². The third-order valence-corrected chi connectivity index (χ3v) is 5.27. The maximum absolute atomic E-state index is 4.22. The van der Waals surface area contributed by atoms with Crippen LogP contribution < -0.4 is 0 Å². The fourth-order valence-electron chi connectivity index (χ4n) is 3.86. The molecule has 2 nitrogen and oxygen atoms in total. The average Bonchev–Trinajstić information content (AvgIpc) is 2.82. The highest BCUT2D eigenvalue weighted by Gasteiger charge is 2.10. The maximum Gasteiger partial charge on any atom is 0.0340 e. The van der Waals surface area contributed by atoms with Gasteiger partial charge in [-0.2, -0.15) is 0 Å². The van der Waals surface area contributed by atoms with Gasteiger partial charge in [-0.1, -0.05) is 85.0 Å². The van der Waals surface area contributed by atoms with Crippen LogP contribution in [0.2, 0.25) is 0 Å². The fourth-order valence-corrected chi connectivity index (χ4v) is 3.86. The Balaban J connectivity index is 1.74. The normalized spacial score (nSPS) is 11.7. The van der Waals surface area contributed by atoms with Crippen molar-refractivity contribution in [3.8, 4) is 0 Å². The summed E-state index contributed by atoms with van der Waals surface area (Å²) in [4.78, 5) is 8.45. The number of fused-ring (bicyclic) bond motifs is 2. The molecule has 142 valence electrons. The van der Waals surface area contributed by atoms with E-state index in [-0.39, 0.29) is 0 Å². The van der Waals surface area contributed by atoms with Gasteiger partial charge in [-0.3, -0.25) is 9.97 Å². The second kappa shape index (κ2) is 8.14. The number of hydrogen-bond donors (Lipinski definition) is 0. The van der Waals surface area contributed by atoms with Crippen LogP contribution in [0.1, 0.15) is 22.3 Å². The average molecular weight is 384 g/mol. The zero-order valence-electron chi connectivity index (χ0n) is 16.4. The maximum atomic E-state index is 4.22. The largest absolute Gasteiger partial charge is 0.264 e. The lowest BCUT2D eigenvalue weighted by molar-refractivity contribution is 1.32. The lowest BCUT2D eigenvalue weighted by Gasteiger charge is -2.13. The monoisotopic (exact) mass is 384 g/mol. The first-order valence-electron chi connectivity index (χ1n) is 10.00. The van der Waals surface area contributed by atoms with E-state index >= 15 is 0 Å². The number of benzene rings is 3. The van der Waals surface area contributed by atoms with E-state index in [0.717, 1.165) is 11.1 Å². The number of pyridine rings is 2. The van der Waals surface area contributed by atoms with Gasteiger partial charge in [0.05, 0.1) is 0 Å². The molecule has 0 N–H and O–H groups in total. The summed E-state index contributed by atoms with van der Waals surface area (Å²) >= 11 is 0. The van der Waals surface area contributed by atoms with Crippen molar-refractivity contribution in [1.82, 2.24) is 9.97 Å². The molecule has 30 heavy (non-hydrogen) atoms. The van der Waals surface area contributed by atoms with Gasteiger partial charge in [-0.25, -0.2) is 0 Å². The summed E-state index contributed by atoms with van der Waals surface area (Å²) in [6.45, 7) is 0. The number of hydrogen-bond acceptors (Lipinski definition) is 2. The molecule has 0 aliphatic carbocycles. The third kappa shape index (κ3) is 3.51. The van der Waals surface area contributed by atoms with Gasteiger partial charge in [0.25, 0.3) is 0 Å². The van der Waals surface area contributed by atoms with Gasteiger partial charge < -0.3 is 0 Å². The predicted molar refractivity (Wildman–Crippen MR) is 128 cm³/mol. The Morgan fingerprint density at radius 2 is 0.833 bits per heavy atom. The van der Waals surface area contributed by atoms with Crippen LogP contribution in [0.4, 0.5) is 0 Å². The van der Waals surface area contributed by atoms with Crippen molar-refractivity contribution in [3.05, 3.63) is 120 Å². The van der Waals surface area contributed by atoms with Crippen LogP contribution in [-0.4, -0.2) is 9.97 Å². The van der Waals surface area contributed by atoms with Crippen LogP contribution >= 0.6 is 0 Å². The molecule has 0 aliphatic heterocycles. The molecule has 2 aromatic heterocycles. The summed E-state index contributed by atoms with van der Waals surface area (Å²) in [7, 11) is 0. The van der Waals surface area contributed by atoms with E-state index in [1.807, 2.05) is 24.5 Å². The smallest absolute Gasteiger partial charge is 0.0340 e. The van der Waals surface area contributed by atoms with Crippen molar-refractivity contribution >= 4 is 45.8 Å². The molecule has 0 amide bonds. The standard InChI is InChI=1S/C28H20N2/c1-2-10-24-23(9-1)27(15-13-21-7-5-17-29-19-21)25-11-3-4-12-26(25)28(24)16-14-22-8-6-18-30-20-22/h1-20H/b15-13+,16-14+. The van der Waals surface area contributed by atoms with E-state index in [9.17, 15) is 0 Å². The molecule has 5 aromatic rings. The molecule has 0 saturated heterocycles. The van der Waals surface area contributed by atoms with Crippen LogP contribution in [-0.2, 0) is 0 Å². The quantitative estimate of drug-likeness (QED) is 0.308. The van der Waals surface area contributed by atoms with E-state index in [2.05, 4.69) is 94.9 Å². The molecule has 0 fully saturated rings. The minimum Gasteiger partial charge on any atom is -0.264 e. The van der Waals surface area contributed by atoms with Crippen LogP contribution in [0, 0.1) is 0 Å². The van der Waals surface area contributed by atoms with Gasteiger partial charge in [-0.15, -0.1) is 0 Å². The SMILES string of the molecule is C(=C\c1c2ccccc2c(/C=C/c2cccnc2)c2ccccc12)/c1cccnc1. The minimum atomic E-state index is 1.09. The summed E-state index contributed by atoms with van der Waals surface area (Å²) in [6, 6.07) is 25.3. The Kier molecular flexibility index (Phi) is 4.89. The summed E-state index contributed by atoms with van der Waals surface area (Å²) < 4.78 is 0. The molecule has 0 saturated carbocycles. The topological polar surface area (TPSA) is 25.8 Å². The first-order valence-corrected chi connectivity index (χ1v) is 10.00. The van der Waals surface area contributed by atoms with Gasteiger partial charge >= 0.3 is 0 Å². The summed E-state index contributed by atoms with van der Waals surface area (Å²) in [6.07, 6.45) is 16.0. The highest BCUT2D eigenvalue weighted by atomic mass is 14.6. The van der Waals surface area contributed by atoms with Crippen molar-refractivity contribution in [2.24, 2.45) is 0 Å². The van der Waals surface area contributed by atoms with Crippen molar-refractivity contribution in [2.45, 2.75) is 0 Å². The minimum absolute atomic E-state index is 1.09. The lowest BCUT2D eigenvalue weighted by atomic mass is 9.91. The second-order valence-electron chi connectivity index (χ2n) is 7.16. The van der Waals surface area contributed by atoms with Gasteiger partial charge in [0, 0.05) is 24.8 Å². The van der Waals surface area contributed by atoms with Crippen LogP contribution in [0.5, 0.6) is 0 Å². The number of rotatable bonds is 4. The van der Waals surface area contributed by atoms with Crippen LogP contribution in [0.25, 0.3) is 45.8 Å². The highest BCUT2D eigenvalue weighted by Crippen LogP contribution is 2.35. The molecule has 5 rings (SSSR count). The van der Waals surface area contributed by atoms with E-state index in [4.69, 9.17) is 0 Å². The van der Waals surface area contributed by atoms with Crippen LogP contribution in [0.3, 0.4) is 0 Å². The molecule has 0 atom stereocenters. The molecular weight excluding hydrogens is 364 g/mol. The zero-order chi connectivity index (χ0) is 20.2. The fraction of sp³-hybridized carbons (Fsp3) is 0. The molecule has 2 heterocycles. The predicted octanol–water partition coefficient (Wildman–Crippen LogP) is 7.12. The molecular formula is C28H20N2. The Hall–Kier alpha value is -4.04. The number of aromatic nitrogens is 2. The molecule has 2 heteroatoms. The van der Waals surface area contributed by atoms with Crippen molar-refractivity contribution in [3.63, 3.8) is 0 Å². The summed E-state index contributed by atoms with van der Waals surface area (Å²) in [5.74, 6) is 0. The van der Waals surface area contributed by atoms with Crippen molar-refractivity contribution < 1.29 is 0 Å². The Morgan fingerprint density at radius 1 is 0.433 bits per heavy atom. The van der Waals surface area contributed by atoms with E-state index < -0.39 is 0 Å². The molecule has 0 bridgehead atoms. The van der Waals surface area contributed by atoms with E-state index in [1.165, 1.54) is 32.7 Å². The Bertz CT molecular complexity index is 1200. The zero-order valence-corrected chi connectivity index (χ0v) is 16.4. The van der Waals surface area contributed by atoms with Gasteiger partial charge in [0.2, 0.25) is 0 Å². The number of nitrogens with zero attached hydrogens (tertiary/aromatic N) is 2. The molecule has 0 radical (unpaired) electrons. The molecule has 0 aliphatic rings. The second-order valence-corrected chi connectivity index (χ2v) is 7.16. The van der Waals surface area contributed by atoms with Crippen LogP contribution in [0.15, 0.2) is 97.6 Å². The first kappa shape index (κ1) is 18.0. The Labute approximate surface area is 175 Å². The summed E-state index contributed by atoms with van der Waals surface area (Å²) in [5.41, 5.74) is 4.63. The van der Waals surface area contributed by atoms with Gasteiger partial charge in [0.15, 0.2) is 0 Å². The lowest BCUT2D eigenvalue weighted by Crippen LogP contribution is -1.88. The highest BCUT2D eigenvalue weighted by molar-refractivity contribution is 6.14. The Morgan fingerprint density at radius 3 is 1.17 bits per heavy atom. The van der Waals surface area contributed by atoms with E-state index in [1.54, 1.807) is 12.4 Å². The first-order chi connectivity index (χ1) is 14.9. The van der Waals surface area contributed by atoms with Crippen molar-refractivity contribution in [2.75, 3.05) is 0 Å². The molecule has 3 aromatic carbocycles. The molecule has 0 unspecified atom stereocenters. The molecule has 0 spiro atoms. The van der Waals surface area contributed by atoms with Gasteiger partial charge in [0.1, 0.15) is 0 Å². The summed E-state index contributed by atoms with van der Waals surface area (Å²) in [5, 5.41) is 4.95. The third-order valence-electron chi connectivity index (χ3n) is 5.27. The van der Waals surface area contributed by atoms with E-state index in [0.29, 0.717) is 0 Å².